The number of ether oxygens (including phenoxy) is 1. The molecule has 1 amide bonds. The smallest absolute Gasteiger partial charge is 0.260 e. The van der Waals surface area contributed by atoms with Crippen LogP contribution in [-0.4, -0.2) is 27.0 Å². The Morgan fingerprint density at radius 1 is 1.25 bits per heavy atom. The van der Waals surface area contributed by atoms with Crippen molar-refractivity contribution in [3.05, 3.63) is 24.3 Å². The Hall–Kier alpha value is -1.60. The molecule has 1 aromatic rings. The van der Waals surface area contributed by atoms with Gasteiger partial charge < -0.3 is 10.1 Å². The largest absolute Gasteiger partial charge is 0.481 e. The molecule has 7 heteroatoms. The molecule has 0 saturated carbocycles. The van der Waals surface area contributed by atoms with Gasteiger partial charge in [0.25, 0.3) is 5.91 Å². The average molecular weight is 300 g/mol. The molecule has 0 aromatic heterocycles. The second-order valence-electron chi connectivity index (χ2n) is 4.92. The summed E-state index contributed by atoms with van der Waals surface area (Å²) in [5.74, 6) is 0.555. The molecule has 0 fully saturated rings. The van der Waals surface area contributed by atoms with Crippen molar-refractivity contribution in [2.45, 2.75) is 31.8 Å². The number of nitrogens with two attached hydrogens (primary N) is 1. The summed E-state index contributed by atoms with van der Waals surface area (Å²) < 4.78 is 27.6. The van der Waals surface area contributed by atoms with Crippen LogP contribution in [0.2, 0.25) is 0 Å². The van der Waals surface area contributed by atoms with Gasteiger partial charge in [-0.05, 0) is 37.1 Å². The summed E-state index contributed by atoms with van der Waals surface area (Å²) in [5, 5.41) is 7.75. The van der Waals surface area contributed by atoms with E-state index in [2.05, 4.69) is 5.32 Å². The maximum atomic E-state index is 11.7. The number of primary sulfonamides is 1. The highest BCUT2D eigenvalue weighted by Crippen LogP contribution is 2.16. The second-order valence-corrected chi connectivity index (χ2v) is 6.48. The lowest BCUT2D eigenvalue weighted by Crippen LogP contribution is -2.38. The molecule has 0 aliphatic heterocycles. The zero-order valence-electron chi connectivity index (χ0n) is 11.8. The summed E-state index contributed by atoms with van der Waals surface area (Å²) in [6, 6.07) is 5.60. The molecule has 1 unspecified atom stereocenters. The predicted molar refractivity (Wildman–Crippen MR) is 75.8 cm³/mol. The lowest BCUT2D eigenvalue weighted by molar-refractivity contribution is -0.127. The van der Waals surface area contributed by atoms with Crippen molar-refractivity contribution in [2.24, 2.45) is 11.1 Å². The monoisotopic (exact) mass is 300 g/mol. The number of benzene rings is 1. The van der Waals surface area contributed by atoms with Gasteiger partial charge in [-0.2, -0.15) is 0 Å². The van der Waals surface area contributed by atoms with Crippen molar-refractivity contribution in [2.75, 3.05) is 6.54 Å². The lowest BCUT2D eigenvalue weighted by atomic mass is 10.2. The van der Waals surface area contributed by atoms with Crippen molar-refractivity contribution in [1.29, 1.82) is 0 Å². The number of carbonyl (C=O) groups excluding carboxylic acids is 1. The molecule has 1 aromatic carbocycles. The van der Waals surface area contributed by atoms with Crippen LogP contribution in [0.3, 0.4) is 0 Å². The van der Waals surface area contributed by atoms with E-state index in [-0.39, 0.29) is 10.8 Å². The number of sulfonamides is 1. The minimum Gasteiger partial charge on any atom is -0.481 e. The molecule has 1 rings (SSSR count). The number of amides is 1. The quantitative estimate of drug-likeness (QED) is 0.814. The van der Waals surface area contributed by atoms with Crippen LogP contribution >= 0.6 is 0 Å². The zero-order valence-corrected chi connectivity index (χ0v) is 12.6. The Morgan fingerprint density at radius 3 is 2.25 bits per heavy atom. The van der Waals surface area contributed by atoms with Crippen LogP contribution in [0.25, 0.3) is 0 Å². The minimum absolute atomic E-state index is 0.00163. The molecule has 6 nitrogen and oxygen atoms in total. The van der Waals surface area contributed by atoms with Gasteiger partial charge in [0, 0.05) is 6.54 Å². The van der Waals surface area contributed by atoms with Crippen LogP contribution in [0.4, 0.5) is 0 Å². The molecule has 20 heavy (non-hydrogen) atoms. The second kappa shape index (κ2) is 6.71. The topological polar surface area (TPSA) is 98.5 Å². The highest BCUT2D eigenvalue weighted by atomic mass is 32.2. The molecular weight excluding hydrogens is 280 g/mol. The Bertz CT molecular complexity index is 552. The van der Waals surface area contributed by atoms with Crippen LogP contribution in [0.1, 0.15) is 20.8 Å². The molecule has 0 heterocycles. The third-order valence-electron chi connectivity index (χ3n) is 2.52. The number of hydrogen-bond donors (Lipinski definition) is 2. The normalized spacial score (nSPS) is 13.1. The first-order valence-corrected chi connectivity index (χ1v) is 7.82. The van der Waals surface area contributed by atoms with Gasteiger partial charge >= 0.3 is 0 Å². The van der Waals surface area contributed by atoms with Gasteiger partial charge in [-0.15, -0.1) is 0 Å². The number of nitrogens with one attached hydrogen (secondary N) is 1. The van der Waals surface area contributed by atoms with E-state index in [4.69, 9.17) is 9.88 Å². The van der Waals surface area contributed by atoms with Gasteiger partial charge in [0.2, 0.25) is 10.0 Å². The first kappa shape index (κ1) is 16.5. The Balaban J connectivity index is 2.62. The fourth-order valence-electron chi connectivity index (χ4n) is 1.41. The minimum atomic E-state index is -3.72. The predicted octanol–water partition coefficient (Wildman–Crippen LogP) is 0.874. The zero-order chi connectivity index (χ0) is 15.3. The van der Waals surface area contributed by atoms with Crippen LogP contribution in [-0.2, 0) is 14.8 Å². The number of rotatable bonds is 6. The SMILES string of the molecule is CC(C)CNC(=O)C(C)Oc1ccc(S(N)(=O)=O)cc1. The fraction of sp³-hybridized carbons (Fsp3) is 0.462. The van der Waals surface area contributed by atoms with Crippen LogP contribution < -0.4 is 15.2 Å². The van der Waals surface area contributed by atoms with Crippen molar-refractivity contribution in [3.8, 4) is 5.75 Å². The van der Waals surface area contributed by atoms with Gasteiger partial charge in [0.1, 0.15) is 5.75 Å². The highest BCUT2D eigenvalue weighted by molar-refractivity contribution is 7.89. The van der Waals surface area contributed by atoms with Gasteiger partial charge in [-0.3, -0.25) is 4.79 Å². The van der Waals surface area contributed by atoms with Crippen LogP contribution in [0.5, 0.6) is 5.75 Å². The van der Waals surface area contributed by atoms with E-state index in [9.17, 15) is 13.2 Å². The summed E-state index contributed by atoms with van der Waals surface area (Å²) in [6.45, 7) is 6.20. The molecule has 3 N–H and O–H groups in total. The van der Waals surface area contributed by atoms with E-state index in [1.54, 1.807) is 6.92 Å². The van der Waals surface area contributed by atoms with Crippen LogP contribution in [0, 0.1) is 5.92 Å². The van der Waals surface area contributed by atoms with E-state index in [1.165, 1.54) is 24.3 Å². The van der Waals surface area contributed by atoms with Crippen molar-refractivity contribution in [1.82, 2.24) is 5.32 Å². The molecular formula is C13H20N2O4S. The average Bonchev–Trinajstić information content (AvgIpc) is 2.35. The summed E-state index contributed by atoms with van der Waals surface area (Å²) >= 11 is 0. The third-order valence-corrected chi connectivity index (χ3v) is 3.45. The summed E-state index contributed by atoms with van der Waals surface area (Å²) in [7, 11) is -3.72. The first-order valence-electron chi connectivity index (χ1n) is 6.27. The first-order chi connectivity index (χ1) is 9.20. The fourth-order valence-corrected chi connectivity index (χ4v) is 1.93. The Labute approximate surface area is 119 Å². The summed E-state index contributed by atoms with van der Waals surface area (Å²) in [5.41, 5.74) is 0. The van der Waals surface area contributed by atoms with E-state index >= 15 is 0 Å². The Morgan fingerprint density at radius 2 is 1.80 bits per heavy atom. The van der Waals surface area contributed by atoms with Gasteiger partial charge in [-0.25, -0.2) is 13.6 Å². The van der Waals surface area contributed by atoms with E-state index < -0.39 is 16.1 Å². The van der Waals surface area contributed by atoms with Crippen molar-refractivity contribution >= 4 is 15.9 Å². The molecule has 1 atom stereocenters. The van der Waals surface area contributed by atoms with Crippen molar-refractivity contribution in [3.63, 3.8) is 0 Å². The molecule has 0 radical (unpaired) electrons. The molecule has 0 aliphatic carbocycles. The lowest BCUT2D eigenvalue weighted by Gasteiger charge is -2.15. The molecule has 112 valence electrons. The number of carbonyl (C=O) groups is 1. The maximum absolute atomic E-state index is 11.7. The van der Waals surface area contributed by atoms with Crippen molar-refractivity contribution < 1.29 is 17.9 Å². The summed E-state index contributed by atoms with van der Waals surface area (Å²) in [6.07, 6.45) is -0.658. The van der Waals surface area contributed by atoms with E-state index in [1.807, 2.05) is 13.8 Å². The highest BCUT2D eigenvalue weighted by Gasteiger charge is 2.15. The van der Waals surface area contributed by atoms with Gasteiger partial charge in [0.15, 0.2) is 6.10 Å². The molecule has 0 aliphatic rings. The standard InChI is InChI=1S/C13H20N2O4S/c1-9(2)8-15-13(16)10(3)19-11-4-6-12(7-5-11)20(14,17)18/h4-7,9-10H,8H2,1-3H3,(H,15,16)(H2,14,17,18). The molecule has 0 saturated heterocycles. The van der Waals surface area contributed by atoms with Crippen LogP contribution in [0.15, 0.2) is 29.2 Å². The third kappa shape index (κ3) is 5.18. The molecule has 0 bridgehead atoms. The summed E-state index contributed by atoms with van der Waals surface area (Å²) in [4.78, 5) is 11.7. The molecule has 0 spiro atoms. The van der Waals surface area contributed by atoms with Gasteiger partial charge in [-0.1, -0.05) is 13.8 Å². The maximum Gasteiger partial charge on any atom is 0.260 e. The van der Waals surface area contributed by atoms with E-state index in [0.29, 0.717) is 18.2 Å². The Kier molecular flexibility index (Phi) is 5.52. The van der Waals surface area contributed by atoms with Gasteiger partial charge in [0.05, 0.1) is 4.90 Å². The number of hydrogen-bond acceptors (Lipinski definition) is 4. The van der Waals surface area contributed by atoms with E-state index in [0.717, 1.165) is 0 Å².